The van der Waals surface area contributed by atoms with Crippen molar-refractivity contribution in [2.45, 2.75) is 13.0 Å². The molecule has 5 nitrogen and oxygen atoms in total. The van der Waals surface area contributed by atoms with Crippen LogP contribution >= 0.6 is 0 Å². The first-order chi connectivity index (χ1) is 13.2. The van der Waals surface area contributed by atoms with E-state index in [1.54, 1.807) is 24.3 Å². The Morgan fingerprint density at radius 3 is 2.67 bits per heavy atom. The van der Waals surface area contributed by atoms with Crippen LogP contribution < -0.4 is 15.1 Å². The molecule has 0 amide bonds. The molecule has 0 spiro atoms. The highest BCUT2D eigenvalue weighted by Gasteiger charge is 2.19. The van der Waals surface area contributed by atoms with E-state index in [0.717, 1.165) is 13.0 Å². The van der Waals surface area contributed by atoms with Gasteiger partial charge in [0.25, 0.3) is 0 Å². The lowest BCUT2D eigenvalue weighted by Crippen LogP contribution is -2.21. The van der Waals surface area contributed by atoms with E-state index in [9.17, 15) is 9.59 Å². The fraction of sp³-hybridized carbons (Fsp3) is 0.182. The van der Waals surface area contributed by atoms with Gasteiger partial charge in [-0.1, -0.05) is 48.5 Å². The van der Waals surface area contributed by atoms with Crippen molar-refractivity contribution in [3.8, 4) is 5.75 Å². The summed E-state index contributed by atoms with van der Waals surface area (Å²) in [5, 5.41) is 0. The average molecular weight is 361 g/mol. The van der Waals surface area contributed by atoms with Crippen LogP contribution in [0.1, 0.15) is 21.7 Å². The minimum Gasteiger partial charge on any atom is -0.478 e. The Bertz CT molecular complexity index is 1010. The van der Waals surface area contributed by atoms with E-state index in [0.29, 0.717) is 17.9 Å². The number of nitrogens with zero attached hydrogens (tertiary/aromatic N) is 1. The van der Waals surface area contributed by atoms with E-state index in [1.807, 2.05) is 18.2 Å². The van der Waals surface area contributed by atoms with Crippen molar-refractivity contribution in [1.82, 2.24) is 0 Å². The number of fused-ring (bicyclic) bond motifs is 1. The highest BCUT2D eigenvalue weighted by Crippen LogP contribution is 2.28. The summed E-state index contributed by atoms with van der Waals surface area (Å²) in [7, 11) is 0. The van der Waals surface area contributed by atoms with Crippen molar-refractivity contribution in [3.05, 3.63) is 94.0 Å². The van der Waals surface area contributed by atoms with Crippen molar-refractivity contribution in [3.63, 3.8) is 0 Å². The first-order valence-electron chi connectivity index (χ1n) is 8.86. The third kappa shape index (κ3) is 3.77. The molecular weight excluding hydrogens is 342 g/mol. The zero-order chi connectivity index (χ0) is 18.6. The summed E-state index contributed by atoms with van der Waals surface area (Å²) in [5.41, 5.74) is 2.74. The quantitative estimate of drug-likeness (QED) is 0.629. The number of hydrogen-bond acceptors (Lipinski definition) is 5. The molecule has 0 radical (unpaired) electrons. The van der Waals surface area contributed by atoms with Crippen molar-refractivity contribution in [2.75, 3.05) is 18.1 Å². The Labute approximate surface area is 156 Å². The van der Waals surface area contributed by atoms with Gasteiger partial charge in [0.2, 0.25) is 11.2 Å². The standard InChI is InChI=1S/C22H19NO4/c24-20-12-18(13-23-11-10-16-6-4-5-9-19(16)23)26-15-22(20)27-14-21(25)17-7-2-1-3-8-17/h1-9,12,15H,10-11,13-14H2. The van der Waals surface area contributed by atoms with Crippen LogP contribution in [-0.4, -0.2) is 18.9 Å². The number of ketones is 1. The van der Waals surface area contributed by atoms with Crippen LogP contribution in [0.3, 0.4) is 0 Å². The number of carbonyl (C=O) groups excluding carboxylic acids is 1. The Morgan fingerprint density at radius 1 is 1.07 bits per heavy atom. The molecule has 136 valence electrons. The predicted molar refractivity (Wildman–Crippen MR) is 102 cm³/mol. The lowest BCUT2D eigenvalue weighted by atomic mass is 10.1. The Balaban J connectivity index is 1.41. The third-order valence-corrected chi connectivity index (χ3v) is 4.64. The van der Waals surface area contributed by atoms with Gasteiger partial charge in [-0.05, 0) is 18.1 Å². The molecule has 0 unspecified atom stereocenters. The molecule has 4 rings (SSSR count). The van der Waals surface area contributed by atoms with Gasteiger partial charge >= 0.3 is 0 Å². The number of para-hydroxylation sites is 1. The second kappa shape index (κ2) is 7.50. The van der Waals surface area contributed by atoms with Crippen molar-refractivity contribution in [1.29, 1.82) is 0 Å². The zero-order valence-electron chi connectivity index (χ0n) is 14.8. The van der Waals surface area contributed by atoms with Gasteiger partial charge in [0.1, 0.15) is 12.0 Å². The number of Topliss-reactive ketones (excluding diaryl/α,β-unsaturated/α-hetero) is 1. The van der Waals surface area contributed by atoms with E-state index in [2.05, 4.69) is 17.0 Å². The first-order valence-corrected chi connectivity index (χ1v) is 8.86. The fourth-order valence-corrected chi connectivity index (χ4v) is 3.24. The summed E-state index contributed by atoms with van der Waals surface area (Å²) in [6, 6.07) is 18.5. The first kappa shape index (κ1) is 17.1. The lowest BCUT2D eigenvalue weighted by Gasteiger charge is -2.18. The molecule has 2 heterocycles. The van der Waals surface area contributed by atoms with Crippen LogP contribution in [0, 0.1) is 0 Å². The van der Waals surface area contributed by atoms with Crippen molar-refractivity contribution in [2.24, 2.45) is 0 Å². The minimum absolute atomic E-state index is 0.0462. The van der Waals surface area contributed by atoms with Gasteiger partial charge in [-0.25, -0.2) is 0 Å². The van der Waals surface area contributed by atoms with Crippen molar-refractivity contribution < 1.29 is 13.9 Å². The predicted octanol–water partition coefficient (Wildman–Crippen LogP) is 3.46. The van der Waals surface area contributed by atoms with E-state index in [1.165, 1.54) is 23.6 Å². The molecule has 0 atom stereocenters. The maximum atomic E-state index is 12.3. The smallest absolute Gasteiger partial charge is 0.227 e. The van der Waals surface area contributed by atoms with Crippen molar-refractivity contribution >= 4 is 11.5 Å². The summed E-state index contributed by atoms with van der Waals surface area (Å²) in [6.07, 6.45) is 2.28. The fourth-order valence-electron chi connectivity index (χ4n) is 3.24. The van der Waals surface area contributed by atoms with E-state index >= 15 is 0 Å². The zero-order valence-corrected chi connectivity index (χ0v) is 14.8. The van der Waals surface area contributed by atoms with Gasteiger partial charge in [0.05, 0.1) is 6.54 Å². The molecule has 1 aliphatic heterocycles. The summed E-state index contributed by atoms with van der Waals surface area (Å²) in [5.74, 6) is 0.427. The van der Waals surface area contributed by atoms with Gasteiger partial charge in [-0.3, -0.25) is 9.59 Å². The number of anilines is 1. The molecule has 3 aromatic rings. The molecule has 27 heavy (non-hydrogen) atoms. The van der Waals surface area contributed by atoms with Crippen LogP contribution in [0.5, 0.6) is 5.75 Å². The third-order valence-electron chi connectivity index (χ3n) is 4.64. The van der Waals surface area contributed by atoms with Gasteiger partial charge in [-0.15, -0.1) is 0 Å². The van der Waals surface area contributed by atoms with Crippen LogP contribution in [0.4, 0.5) is 5.69 Å². The highest BCUT2D eigenvalue weighted by molar-refractivity contribution is 5.97. The summed E-state index contributed by atoms with van der Waals surface area (Å²) < 4.78 is 10.9. The Morgan fingerprint density at radius 2 is 1.85 bits per heavy atom. The summed E-state index contributed by atoms with van der Waals surface area (Å²) in [6.45, 7) is 1.22. The van der Waals surface area contributed by atoms with Crippen LogP contribution in [0.2, 0.25) is 0 Å². The molecule has 0 N–H and O–H groups in total. The Kier molecular flexibility index (Phi) is 4.75. The molecule has 0 saturated carbocycles. The molecule has 1 aromatic heterocycles. The number of ether oxygens (including phenoxy) is 1. The maximum Gasteiger partial charge on any atom is 0.227 e. The Hall–Kier alpha value is -3.34. The van der Waals surface area contributed by atoms with Gasteiger partial charge in [0.15, 0.2) is 12.4 Å². The number of benzene rings is 2. The maximum absolute atomic E-state index is 12.3. The van der Waals surface area contributed by atoms with Crippen LogP contribution in [-0.2, 0) is 13.0 Å². The topological polar surface area (TPSA) is 59.8 Å². The van der Waals surface area contributed by atoms with E-state index in [4.69, 9.17) is 9.15 Å². The molecule has 0 aliphatic carbocycles. The SMILES string of the molecule is O=C(COc1coc(CN2CCc3ccccc32)cc1=O)c1ccccc1. The number of rotatable bonds is 6. The van der Waals surface area contributed by atoms with Gasteiger partial charge in [-0.2, -0.15) is 0 Å². The minimum atomic E-state index is -0.287. The second-order valence-corrected chi connectivity index (χ2v) is 6.45. The molecule has 0 bridgehead atoms. The van der Waals surface area contributed by atoms with Gasteiger partial charge < -0.3 is 14.1 Å². The molecule has 2 aromatic carbocycles. The van der Waals surface area contributed by atoms with E-state index in [-0.39, 0.29) is 23.6 Å². The molecule has 1 aliphatic rings. The van der Waals surface area contributed by atoms with Gasteiger partial charge in [0, 0.05) is 23.9 Å². The molecule has 0 fully saturated rings. The normalized spacial score (nSPS) is 12.7. The van der Waals surface area contributed by atoms with Crippen LogP contribution in [0.25, 0.3) is 0 Å². The highest BCUT2D eigenvalue weighted by atomic mass is 16.5. The largest absolute Gasteiger partial charge is 0.478 e. The average Bonchev–Trinajstić information content (AvgIpc) is 3.11. The summed E-state index contributed by atoms with van der Waals surface area (Å²) in [4.78, 5) is 26.6. The van der Waals surface area contributed by atoms with E-state index < -0.39 is 0 Å². The number of hydrogen-bond donors (Lipinski definition) is 0. The van der Waals surface area contributed by atoms with Crippen LogP contribution in [0.15, 0.2) is 76.1 Å². The second-order valence-electron chi connectivity index (χ2n) is 6.45. The monoisotopic (exact) mass is 361 g/mol. The molecule has 0 saturated heterocycles. The number of carbonyl (C=O) groups is 1. The lowest BCUT2D eigenvalue weighted by molar-refractivity contribution is 0.0919. The molecular formula is C22H19NO4. The molecule has 5 heteroatoms. The summed E-state index contributed by atoms with van der Waals surface area (Å²) >= 11 is 0.